The monoisotopic (exact) mass is 282 g/mol. The molecule has 0 aliphatic carbocycles. The number of hydrogen-bond acceptors (Lipinski definition) is 2. The first-order chi connectivity index (χ1) is 10.3. The van der Waals surface area contributed by atoms with Crippen LogP contribution in [0.1, 0.15) is 36.5 Å². The molecular weight excluding hydrogens is 260 g/mol. The molecule has 2 nitrogen and oxygen atoms in total. The molecule has 0 amide bonds. The van der Waals surface area contributed by atoms with Crippen molar-refractivity contribution in [3.8, 4) is 5.75 Å². The van der Waals surface area contributed by atoms with Gasteiger partial charge >= 0.3 is 0 Å². The molecule has 0 aromatic heterocycles. The highest BCUT2D eigenvalue weighted by molar-refractivity contribution is 5.33. The van der Waals surface area contributed by atoms with Gasteiger partial charge in [0.25, 0.3) is 0 Å². The summed E-state index contributed by atoms with van der Waals surface area (Å²) in [5.41, 5.74) is 2.01. The van der Waals surface area contributed by atoms with E-state index >= 15 is 0 Å². The zero-order valence-electron chi connectivity index (χ0n) is 12.6. The van der Waals surface area contributed by atoms with E-state index in [1.165, 1.54) is 0 Å². The Balaban J connectivity index is 2.29. The van der Waals surface area contributed by atoms with Gasteiger partial charge in [0.15, 0.2) is 0 Å². The molecule has 2 aromatic carbocycles. The van der Waals surface area contributed by atoms with Crippen molar-refractivity contribution in [2.75, 3.05) is 7.11 Å². The van der Waals surface area contributed by atoms with Crippen LogP contribution in [0.15, 0.2) is 66.7 Å². The van der Waals surface area contributed by atoms with E-state index in [4.69, 9.17) is 4.74 Å². The molecule has 0 heterocycles. The average Bonchev–Trinajstić information content (AvgIpc) is 2.56. The third-order valence-corrected chi connectivity index (χ3v) is 3.56. The van der Waals surface area contributed by atoms with Crippen molar-refractivity contribution in [3.63, 3.8) is 0 Å². The summed E-state index contributed by atoms with van der Waals surface area (Å²) in [5, 5.41) is 10.7. The largest absolute Gasteiger partial charge is 0.497 e. The van der Waals surface area contributed by atoms with Crippen molar-refractivity contribution in [3.05, 3.63) is 77.9 Å². The lowest BCUT2D eigenvalue weighted by Gasteiger charge is -2.21. The lowest BCUT2D eigenvalue weighted by molar-refractivity contribution is 0.161. The van der Waals surface area contributed by atoms with Crippen molar-refractivity contribution in [2.45, 2.75) is 25.4 Å². The number of methoxy groups -OCH3 is 1. The standard InChI is InChI=1S/C19H22O2/c1-3-4-10-18(15-8-6-5-7-9-15)19(20)16-11-13-17(21-2)14-12-16/h4-14,18-20H,3H2,1-2H3/b10-4+/t18-,19-/m1/s1. The minimum absolute atomic E-state index is 0.0421. The summed E-state index contributed by atoms with van der Waals surface area (Å²) >= 11 is 0. The normalized spacial score (nSPS) is 14.0. The first-order valence-corrected chi connectivity index (χ1v) is 7.30. The molecule has 0 unspecified atom stereocenters. The molecule has 2 aromatic rings. The Hall–Kier alpha value is -2.06. The minimum Gasteiger partial charge on any atom is -0.497 e. The van der Waals surface area contributed by atoms with Gasteiger partial charge < -0.3 is 9.84 Å². The molecule has 0 saturated heterocycles. The fourth-order valence-electron chi connectivity index (χ4n) is 2.37. The van der Waals surface area contributed by atoms with Crippen LogP contribution in [0.2, 0.25) is 0 Å². The highest BCUT2D eigenvalue weighted by atomic mass is 16.5. The van der Waals surface area contributed by atoms with Gasteiger partial charge in [0, 0.05) is 5.92 Å². The number of rotatable bonds is 6. The maximum absolute atomic E-state index is 10.7. The van der Waals surface area contributed by atoms with Crippen LogP contribution >= 0.6 is 0 Å². The van der Waals surface area contributed by atoms with Crippen LogP contribution in [0.4, 0.5) is 0 Å². The summed E-state index contributed by atoms with van der Waals surface area (Å²) in [5.74, 6) is 0.755. The van der Waals surface area contributed by atoms with E-state index in [9.17, 15) is 5.11 Å². The van der Waals surface area contributed by atoms with Crippen LogP contribution in [-0.4, -0.2) is 12.2 Å². The van der Waals surface area contributed by atoms with E-state index in [0.717, 1.165) is 23.3 Å². The molecule has 0 saturated carbocycles. The third kappa shape index (κ3) is 3.96. The predicted octanol–water partition coefficient (Wildman–Crippen LogP) is 4.48. The quantitative estimate of drug-likeness (QED) is 0.792. The highest BCUT2D eigenvalue weighted by Gasteiger charge is 2.20. The van der Waals surface area contributed by atoms with Gasteiger partial charge in [-0.15, -0.1) is 0 Å². The molecule has 0 aliphatic rings. The Labute approximate surface area is 126 Å². The van der Waals surface area contributed by atoms with Crippen LogP contribution in [-0.2, 0) is 0 Å². The van der Waals surface area contributed by atoms with E-state index in [1.807, 2.05) is 42.5 Å². The summed E-state index contributed by atoms with van der Waals surface area (Å²) in [6.07, 6.45) is 4.58. The maximum atomic E-state index is 10.7. The zero-order valence-corrected chi connectivity index (χ0v) is 12.6. The summed E-state index contributed by atoms with van der Waals surface area (Å²) in [4.78, 5) is 0. The van der Waals surface area contributed by atoms with Gasteiger partial charge in [-0.05, 0) is 29.7 Å². The summed E-state index contributed by atoms with van der Waals surface area (Å²) in [6, 6.07) is 17.7. The average molecular weight is 282 g/mol. The first-order valence-electron chi connectivity index (χ1n) is 7.30. The van der Waals surface area contributed by atoms with Crippen LogP contribution in [0.3, 0.4) is 0 Å². The van der Waals surface area contributed by atoms with Gasteiger partial charge in [0.1, 0.15) is 5.75 Å². The first kappa shape index (κ1) is 15.3. The molecular formula is C19H22O2. The van der Waals surface area contributed by atoms with Gasteiger partial charge in [0.2, 0.25) is 0 Å². The zero-order chi connectivity index (χ0) is 15.1. The number of aliphatic hydroxyl groups is 1. The Kier molecular flexibility index (Phi) is 5.59. The molecule has 2 rings (SSSR count). The van der Waals surface area contributed by atoms with Crippen molar-refractivity contribution in [2.24, 2.45) is 0 Å². The van der Waals surface area contributed by atoms with Crippen LogP contribution in [0, 0.1) is 0 Å². The molecule has 1 N–H and O–H groups in total. The Bertz CT molecular complexity index is 558. The summed E-state index contributed by atoms with van der Waals surface area (Å²) in [6.45, 7) is 2.10. The van der Waals surface area contributed by atoms with Gasteiger partial charge in [-0.1, -0.05) is 61.5 Å². The van der Waals surface area contributed by atoms with E-state index in [2.05, 4.69) is 31.2 Å². The minimum atomic E-state index is -0.568. The van der Waals surface area contributed by atoms with Gasteiger partial charge in [-0.3, -0.25) is 0 Å². The SMILES string of the molecule is CC/C=C/[C@H](c1ccccc1)[C@H](O)c1ccc(OC)cc1. The number of hydrogen-bond donors (Lipinski definition) is 1. The van der Waals surface area contributed by atoms with E-state index < -0.39 is 6.10 Å². The summed E-state index contributed by atoms with van der Waals surface area (Å²) in [7, 11) is 1.64. The number of aliphatic hydroxyl groups excluding tert-OH is 1. The fourth-order valence-corrected chi connectivity index (χ4v) is 2.37. The molecule has 0 spiro atoms. The topological polar surface area (TPSA) is 29.5 Å². The van der Waals surface area contributed by atoms with E-state index in [-0.39, 0.29) is 5.92 Å². The maximum Gasteiger partial charge on any atom is 0.118 e. The van der Waals surface area contributed by atoms with Crippen LogP contribution in [0.25, 0.3) is 0 Å². The van der Waals surface area contributed by atoms with Crippen LogP contribution in [0.5, 0.6) is 5.75 Å². The van der Waals surface area contributed by atoms with Crippen LogP contribution < -0.4 is 4.74 Å². The Morgan fingerprint density at radius 3 is 2.24 bits per heavy atom. The lowest BCUT2D eigenvalue weighted by atomic mass is 9.88. The van der Waals surface area contributed by atoms with E-state index in [0.29, 0.717) is 0 Å². The highest BCUT2D eigenvalue weighted by Crippen LogP contribution is 2.33. The van der Waals surface area contributed by atoms with Gasteiger partial charge in [-0.25, -0.2) is 0 Å². The second-order valence-corrected chi connectivity index (χ2v) is 4.99. The molecule has 110 valence electrons. The number of ether oxygens (including phenoxy) is 1. The fraction of sp³-hybridized carbons (Fsp3) is 0.263. The van der Waals surface area contributed by atoms with Crippen molar-refractivity contribution in [1.82, 2.24) is 0 Å². The van der Waals surface area contributed by atoms with Gasteiger partial charge in [0.05, 0.1) is 13.2 Å². The van der Waals surface area contributed by atoms with Crippen molar-refractivity contribution in [1.29, 1.82) is 0 Å². The molecule has 2 heteroatoms. The van der Waals surface area contributed by atoms with Gasteiger partial charge in [-0.2, -0.15) is 0 Å². The Morgan fingerprint density at radius 2 is 1.67 bits per heavy atom. The second kappa shape index (κ2) is 7.65. The smallest absolute Gasteiger partial charge is 0.118 e. The number of benzene rings is 2. The van der Waals surface area contributed by atoms with Crippen molar-refractivity contribution < 1.29 is 9.84 Å². The molecule has 0 bridgehead atoms. The van der Waals surface area contributed by atoms with E-state index in [1.54, 1.807) is 7.11 Å². The predicted molar refractivity (Wildman–Crippen MR) is 86.6 cm³/mol. The molecule has 0 fully saturated rings. The van der Waals surface area contributed by atoms with Crippen molar-refractivity contribution >= 4 is 0 Å². The Morgan fingerprint density at radius 1 is 1.00 bits per heavy atom. The summed E-state index contributed by atoms with van der Waals surface area (Å²) < 4.78 is 5.16. The molecule has 0 aliphatic heterocycles. The molecule has 21 heavy (non-hydrogen) atoms. The second-order valence-electron chi connectivity index (χ2n) is 4.99. The third-order valence-electron chi connectivity index (χ3n) is 3.56. The molecule has 0 radical (unpaired) electrons. The number of allylic oxidation sites excluding steroid dienone is 1. The molecule has 2 atom stereocenters. The lowest BCUT2D eigenvalue weighted by Crippen LogP contribution is -2.09.